The van der Waals surface area contributed by atoms with Crippen molar-refractivity contribution in [3.05, 3.63) is 101 Å². The first-order valence-electron chi connectivity index (χ1n) is 12.2. The number of hydrogen-bond acceptors (Lipinski definition) is 5. The summed E-state index contributed by atoms with van der Waals surface area (Å²) in [4.78, 5) is 21.3. The van der Waals surface area contributed by atoms with Crippen molar-refractivity contribution in [1.82, 2.24) is 19.6 Å². The molecular formula is C29H29ClN4O2S. The predicted molar refractivity (Wildman–Crippen MR) is 150 cm³/mol. The molecule has 1 fully saturated rings. The Balaban J connectivity index is 1.28. The highest BCUT2D eigenvalue weighted by Crippen LogP contribution is 2.34. The number of pyridine rings is 1. The molecule has 2 atom stereocenters. The Morgan fingerprint density at radius 1 is 1.14 bits per heavy atom. The third-order valence-corrected chi connectivity index (χ3v) is 7.81. The molecule has 1 N–H and O–H groups in total. The quantitative estimate of drug-likeness (QED) is 0.309. The summed E-state index contributed by atoms with van der Waals surface area (Å²) >= 11 is 8.47. The van der Waals surface area contributed by atoms with E-state index in [1.165, 1.54) is 0 Å². The molecule has 0 aliphatic carbocycles. The number of halogens is 1. The number of carbonyl (C=O) groups excluding carboxylic acids is 1. The molecular weight excluding hydrogens is 504 g/mol. The van der Waals surface area contributed by atoms with Gasteiger partial charge in [0.2, 0.25) is 5.91 Å². The number of fused-ring (bicyclic) bond motifs is 1. The van der Waals surface area contributed by atoms with Crippen LogP contribution < -0.4 is 10.1 Å². The first-order chi connectivity index (χ1) is 18.1. The van der Waals surface area contributed by atoms with E-state index in [4.69, 9.17) is 16.3 Å². The standard InChI is InChI=1S/C29H29ClN4O2S/c1-36-24-10-12-25(13-11-24)37-26-16-27(34(20-26)18-22(30)15-21-7-3-2-4-8-21)29(35)31-17-23-19-33-14-6-5-9-28(33)32-23/h2-15,19,26-27H,16-18,20H2,1H3,(H,31,35)/t26-,27+/m1/s1. The molecule has 2 aromatic heterocycles. The van der Waals surface area contributed by atoms with Crippen LogP contribution in [0.15, 0.2) is 95.1 Å². The van der Waals surface area contributed by atoms with Gasteiger partial charge in [-0.15, -0.1) is 11.8 Å². The first-order valence-corrected chi connectivity index (χ1v) is 13.5. The number of methoxy groups -OCH3 is 1. The molecule has 0 unspecified atom stereocenters. The fourth-order valence-corrected chi connectivity index (χ4v) is 6.08. The van der Waals surface area contributed by atoms with Crippen molar-refractivity contribution in [1.29, 1.82) is 0 Å². The summed E-state index contributed by atoms with van der Waals surface area (Å²) in [6.45, 7) is 1.67. The average molecular weight is 533 g/mol. The van der Waals surface area contributed by atoms with Crippen LogP contribution in [0.25, 0.3) is 11.7 Å². The zero-order chi connectivity index (χ0) is 25.6. The Hall–Kier alpha value is -3.26. The number of imidazole rings is 1. The second-order valence-electron chi connectivity index (χ2n) is 9.01. The van der Waals surface area contributed by atoms with E-state index < -0.39 is 0 Å². The van der Waals surface area contributed by atoms with Crippen molar-refractivity contribution in [2.45, 2.75) is 29.2 Å². The van der Waals surface area contributed by atoms with Gasteiger partial charge >= 0.3 is 0 Å². The predicted octanol–water partition coefficient (Wildman–Crippen LogP) is 5.47. The zero-order valence-corrected chi connectivity index (χ0v) is 22.2. The van der Waals surface area contributed by atoms with Gasteiger partial charge in [-0.2, -0.15) is 0 Å². The third kappa shape index (κ3) is 6.55. The number of nitrogens with one attached hydrogen (secondary N) is 1. The number of hydrogen-bond donors (Lipinski definition) is 1. The first kappa shape index (κ1) is 25.4. The second kappa shape index (κ2) is 11.9. The monoisotopic (exact) mass is 532 g/mol. The summed E-state index contributed by atoms with van der Waals surface area (Å²) in [6.07, 6.45) is 6.61. The largest absolute Gasteiger partial charge is 0.497 e. The number of carbonyl (C=O) groups is 1. The van der Waals surface area contributed by atoms with Crippen LogP contribution in [0.5, 0.6) is 5.75 Å². The third-order valence-electron chi connectivity index (χ3n) is 6.36. The van der Waals surface area contributed by atoms with Crippen molar-refractivity contribution in [3.63, 3.8) is 0 Å². The maximum Gasteiger partial charge on any atom is 0.237 e. The zero-order valence-electron chi connectivity index (χ0n) is 20.6. The molecule has 4 aromatic rings. The van der Waals surface area contributed by atoms with Gasteiger partial charge in [-0.1, -0.05) is 48.0 Å². The minimum Gasteiger partial charge on any atom is -0.497 e. The number of benzene rings is 2. The molecule has 0 radical (unpaired) electrons. The van der Waals surface area contributed by atoms with Crippen molar-refractivity contribution in [2.24, 2.45) is 0 Å². The van der Waals surface area contributed by atoms with E-state index in [0.717, 1.165) is 40.5 Å². The molecule has 3 heterocycles. The molecule has 0 saturated carbocycles. The van der Waals surface area contributed by atoms with Gasteiger partial charge in [0.15, 0.2) is 0 Å². The molecule has 1 saturated heterocycles. The Bertz CT molecular complexity index is 1340. The van der Waals surface area contributed by atoms with Crippen LogP contribution in [0.3, 0.4) is 0 Å². The number of aromatic nitrogens is 2. The molecule has 8 heteroatoms. The maximum atomic E-state index is 13.4. The number of ether oxygens (including phenoxy) is 1. The van der Waals surface area contributed by atoms with Gasteiger partial charge in [0, 0.05) is 40.7 Å². The van der Waals surface area contributed by atoms with E-state index in [1.807, 2.05) is 83.5 Å². The number of rotatable bonds is 9. The highest BCUT2D eigenvalue weighted by Gasteiger charge is 2.37. The lowest BCUT2D eigenvalue weighted by atomic mass is 10.2. The van der Waals surface area contributed by atoms with Gasteiger partial charge in [0.25, 0.3) is 0 Å². The van der Waals surface area contributed by atoms with Crippen LogP contribution in [0.2, 0.25) is 0 Å². The van der Waals surface area contributed by atoms with E-state index in [9.17, 15) is 4.79 Å². The number of nitrogens with zero attached hydrogens (tertiary/aromatic N) is 3. The Labute approximate surface area is 226 Å². The molecule has 190 valence electrons. The van der Waals surface area contributed by atoms with Crippen LogP contribution in [-0.4, -0.2) is 51.7 Å². The van der Waals surface area contributed by atoms with Gasteiger partial charge in [-0.05, 0) is 54.5 Å². The molecule has 1 amide bonds. The Kier molecular flexibility index (Phi) is 8.14. The van der Waals surface area contributed by atoms with Crippen molar-refractivity contribution >= 4 is 41.0 Å². The van der Waals surface area contributed by atoms with Crippen LogP contribution in [0.1, 0.15) is 17.7 Å². The molecule has 1 aliphatic rings. The van der Waals surface area contributed by atoms with Crippen molar-refractivity contribution in [3.8, 4) is 5.75 Å². The highest BCUT2D eigenvalue weighted by molar-refractivity contribution is 8.00. The van der Waals surface area contributed by atoms with Gasteiger partial charge < -0.3 is 14.5 Å². The fraction of sp³-hybridized carbons (Fsp3) is 0.241. The van der Waals surface area contributed by atoms with Crippen LogP contribution in [-0.2, 0) is 11.3 Å². The summed E-state index contributed by atoms with van der Waals surface area (Å²) in [5, 5.41) is 4.08. The van der Waals surface area contributed by atoms with Crippen LogP contribution >= 0.6 is 23.4 Å². The summed E-state index contributed by atoms with van der Waals surface area (Å²) < 4.78 is 7.24. The van der Waals surface area contributed by atoms with E-state index >= 15 is 0 Å². The lowest BCUT2D eigenvalue weighted by Gasteiger charge is -2.23. The van der Waals surface area contributed by atoms with Gasteiger partial charge in [-0.25, -0.2) is 4.98 Å². The van der Waals surface area contributed by atoms with Gasteiger partial charge in [-0.3, -0.25) is 9.69 Å². The average Bonchev–Trinajstić information content (AvgIpc) is 3.51. The number of amides is 1. The Morgan fingerprint density at radius 3 is 2.68 bits per heavy atom. The van der Waals surface area contributed by atoms with E-state index in [-0.39, 0.29) is 17.2 Å². The Morgan fingerprint density at radius 2 is 1.92 bits per heavy atom. The lowest BCUT2D eigenvalue weighted by Crippen LogP contribution is -2.43. The van der Waals surface area contributed by atoms with E-state index in [0.29, 0.717) is 18.1 Å². The number of likely N-dealkylation sites (tertiary alicyclic amines) is 1. The van der Waals surface area contributed by atoms with Crippen molar-refractivity contribution < 1.29 is 9.53 Å². The molecule has 6 nitrogen and oxygen atoms in total. The minimum atomic E-state index is -0.272. The van der Waals surface area contributed by atoms with Gasteiger partial charge in [0.05, 0.1) is 25.4 Å². The molecule has 1 aliphatic heterocycles. The molecule has 5 rings (SSSR count). The maximum absolute atomic E-state index is 13.4. The van der Waals surface area contributed by atoms with E-state index in [1.54, 1.807) is 18.9 Å². The van der Waals surface area contributed by atoms with Gasteiger partial charge in [0.1, 0.15) is 11.4 Å². The molecule has 37 heavy (non-hydrogen) atoms. The minimum absolute atomic E-state index is 0.000866. The van der Waals surface area contributed by atoms with E-state index in [2.05, 4.69) is 27.3 Å². The smallest absolute Gasteiger partial charge is 0.237 e. The lowest BCUT2D eigenvalue weighted by molar-refractivity contribution is -0.125. The molecule has 0 spiro atoms. The summed E-state index contributed by atoms with van der Waals surface area (Å²) in [5.74, 6) is 0.832. The fourth-order valence-electron chi connectivity index (χ4n) is 4.58. The highest BCUT2D eigenvalue weighted by atomic mass is 35.5. The summed E-state index contributed by atoms with van der Waals surface area (Å²) in [7, 11) is 1.67. The summed E-state index contributed by atoms with van der Waals surface area (Å²) in [6, 6.07) is 23.6. The molecule has 0 bridgehead atoms. The van der Waals surface area contributed by atoms with Crippen LogP contribution in [0, 0.1) is 0 Å². The number of thioether (sulfide) groups is 1. The van der Waals surface area contributed by atoms with Crippen molar-refractivity contribution in [2.75, 3.05) is 20.2 Å². The normalized spacial score (nSPS) is 18.3. The SMILES string of the molecule is COc1ccc(S[C@@H]2C[C@@H](C(=O)NCc3cn4ccccc4n3)N(CC(Cl)=Cc3ccccc3)C2)cc1. The topological polar surface area (TPSA) is 58.9 Å². The second-order valence-corrected chi connectivity index (χ2v) is 10.9. The molecule has 2 aromatic carbocycles. The summed E-state index contributed by atoms with van der Waals surface area (Å²) in [5.41, 5.74) is 2.74. The van der Waals surface area contributed by atoms with Crippen LogP contribution in [0.4, 0.5) is 0 Å².